The highest BCUT2D eigenvalue weighted by Gasteiger charge is 2.24. The molecule has 0 aliphatic carbocycles. The molecule has 2 nitrogen and oxygen atoms in total. The molecule has 0 saturated heterocycles. The van der Waals surface area contributed by atoms with E-state index in [9.17, 15) is 0 Å². The van der Waals surface area contributed by atoms with Gasteiger partial charge in [-0.2, -0.15) is 0 Å². The number of rotatable bonds is 2. The Kier molecular flexibility index (Phi) is 5.09. The molecule has 0 amide bonds. The van der Waals surface area contributed by atoms with Crippen molar-refractivity contribution in [3.8, 4) is 16.8 Å². The van der Waals surface area contributed by atoms with Gasteiger partial charge < -0.3 is 10.3 Å². The third kappa shape index (κ3) is 3.68. The second-order valence-corrected chi connectivity index (χ2v) is 11.4. The van der Waals surface area contributed by atoms with E-state index in [0.29, 0.717) is 0 Å². The van der Waals surface area contributed by atoms with Crippen LogP contribution in [0.3, 0.4) is 0 Å². The molecule has 0 saturated carbocycles. The number of fused-ring (bicyclic) bond motifs is 3. The third-order valence-corrected chi connectivity index (χ3v) is 6.84. The van der Waals surface area contributed by atoms with Gasteiger partial charge >= 0.3 is 0 Å². The van der Waals surface area contributed by atoms with Crippen LogP contribution in [0.1, 0.15) is 52.7 Å². The van der Waals surface area contributed by atoms with Crippen LogP contribution < -0.4 is 5.73 Å². The molecule has 5 rings (SSSR count). The number of para-hydroxylation sites is 1. The van der Waals surface area contributed by atoms with E-state index < -0.39 is 0 Å². The predicted molar refractivity (Wildman–Crippen MR) is 148 cm³/mol. The highest BCUT2D eigenvalue weighted by atomic mass is 15.0. The number of nitrogen functional groups attached to an aromatic ring is 1. The molecule has 0 spiro atoms. The molecule has 5 aromatic rings. The minimum atomic E-state index is 0.0378. The average Bonchev–Trinajstić information content (AvgIpc) is 3.12. The van der Waals surface area contributed by atoms with E-state index >= 15 is 0 Å². The summed E-state index contributed by atoms with van der Waals surface area (Å²) >= 11 is 0. The second-order valence-electron chi connectivity index (χ2n) is 11.4. The lowest BCUT2D eigenvalue weighted by Crippen LogP contribution is -2.17. The molecular formula is C32H34N2. The lowest BCUT2D eigenvalue weighted by atomic mass is 9.80. The summed E-state index contributed by atoms with van der Waals surface area (Å²) in [4.78, 5) is 0. The molecule has 2 N–H and O–H groups in total. The number of hydrogen-bond donors (Lipinski definition) is 1. The lowest BCUT2D eigenvalue weighted by Gasteiger charge is -2.27. The molecule has 34 heavy (non-hydrogen) atoms. The van der Waals surface area contributed by atoms with Gasteiger partial charge in [-0.05, 0) is 51.8 Å². The Morgan fingerprint density at radius 1 is 0.618 bits per heavy atom. The van der Waals surface area contributed by atoms with Gasteiger partial charge in [0.2, 0.25) is 0 Å². The van der Waals surface area contributed by atoms with E-state index in [4.69, 9.17) is 5.73 Å². The summed E-state index contributed by atoms with van der Waals surface area (Å²) in [5.74, 6) is 0. The Hall–Kier alpha value is -3.52. The van der Waals surface area contributed by atoms with Gasteiger partial charge in [0.25, 0.3) is 0 Å². The summed E-state index contributed by atoms with van der Waals surface area (Å²) in [6, 6.07) is 30.5. The largest absolute Gasteiger partial charge is 0.398 e. The highest BCUT2D eigenvalue weighted by Crippen LogP contribution is 2.42. The molecule has 0 atom stereocenters. The zero-order valence-electron chi connectivity index (χ0n) is 21.1. The molecular weight excluding hydrogens is 412 g/mol. The van der Waals surface area contributed by atoms with Crippen LogP contribution in [0.4, 0.5) is 5.69 Å². The van der Waals surface area contributed by atoms with Crippen molar-refractivity contribution >= 4 is 27.5 Å². The molecule has 0 aliphatic rings. The first-order chi connectivity index (χ1) is 16.1. The molecule has 0 bridgehead atoms. The van der Waals surface area contributed by atoms with Gasteiger partial charge in [0.15, 0.2) is 0 Å². The van der Waals surface area contributed by atoms with Gasteiger partial charge in [0, 0.05) is 27.7 Å². The normalized spacial score (nSPS) is 12.5. The van der Waals surface area contributed by atoms with Crippen LogP contribution >= 0.6 is 0 Å². The molecule has 172 valence electrons. The standard InChI is InChI=1S/C32H34N2/c1-31(2,3)22-18-23(32(4,5)6)20-24(19-22)34-28-15-11-10-14-25(28)26-16-17-27(33)29(30(26)34)21-12-8-7-9-13-21/h7-20H,33H2,1-6H3. The first kappa shape index (κ1) is 22.3. The molecule has 0 radical (unpaired) electrons. The van der Waals surface area contributed by atoms with Crippen molar-refractivity contribution in [2.24, 2.45) is 0 Å². The smallest absolute Gasteiger partial charge is 0.0640 e. The molecule has 2 heteroatoms. The van der Waals surface area contributed by atoms with E-state index in [1.807, 2.05) is 6.07 Å². The summed E-state index contributed by atoms with van der Waals surface area (Å²) in [5.41, 5.74) is 16.0. The van der Waals surface area contributed by atoms with E-state index in [1.165, 1.54) is 38.6 Å². The Morgan fingerprint density at radius 2 is 1.21 bits per heavy atom. The Morgan fingerprint density at radius 3 is 1.82 bits per heavy atom. The van der Waals surface area contributed by atoms with E-state index in [0.717, 1.165) is 16.8 Å². The van der Waals surface area contributed by atoms with Crippen LogP contribution in [0.5, 0.6) is 0 Å². The molecule has 1 heterocycles. The minimum absolute atomic E-state index is 0.0378. The fourth-order valence-electron chi connectivity index (χ4n) is 4.86. The van der Waals surface area contributed by atoms with Crippen molar-refractivity contribution in [1.82, 2.24) is 4.57 Å². The summed E-state index contributed by atoms with van der Waals surface area (Å²) in [6.45, 7) is 13.7. The Labute approximate surface area is 203 Å². The topological polar surface area (TPSA) is 30.9 Å². The van der Waals surface area contributed by atoms with Gasteiger partial charge in [-0.15, -0.1) is 0 Å². The van der Waals surface area contributed by atoms with E-state index in [-0.39, 0.29) is 10.8 Å². The summed E-state index contributed by atoms with van der Waals surface area (Å²) in [5, 5.41) is 2.47. The van der Waals surface area contributed by atoms with Gasteiger partial charge in [0.1, 0.15) is 0 Å². The van der Waals surface area contributed by atoms with Gasteiger partial charge in [-0.1, -0.05) is 102 Å². The number of aromatic nitrogens is 1. The van der Waals surface area contributed by atoms with Crippen molar-refractivity contribution in [1.29, 1.82) is 0 Å². The summed E-state index contributed by atoms with van der Waals surface area (Å²) in [7, 11) is 0. The summed E-state index contributed by atoms with van der Waals surface area (Å²) < 4.78 is 2.42. The SMILES string of the molecule is CC(C)(C)c1cc(-n2c3ccccc3c3ccc(N)c(-c4ccccc4)c32)cc(C(C)(C)C)c1. The first-order valence-corrected chi connectivity index (χ1v) is 12.1. The zero-order valence-corrected chi connectivity index (χ0v) is 21.1. The van der Waals surface area contributed by atoms with Crippen LogP contribution in [0.2, 0.25) is 0 Å². The maximum absolute atomic E-state index is 6.67. The highest BCUT2D eigenvalue weighted by molar-refractivity contribution is 6.15. The number of nitrogens with zero attached hydrogens (tertiary/aromatic N) is 1. The fraction of sp³-hybridized carbons (Fsp3) is 0.250. The van der Waals surface area contributed by atoms with E-state index in [2.05, 4.69) is 125 Å². The quantitative estimate of drug-likeness (QED) is 0.270. The number of benzene rings is 4. The van der Waals surface area contributed by atoms with Gasteiger partial charge in [-0.3, -0.25) is 0 Å². The number of anilines is 1. The van der Waals surface area contributed by atoms with Crippen molar-refractivity contribution in [3.63, 3.8) is 0 Å². The molecule has 0 aliphatic heterocycles. The molecule has 1 aromatic heterocycles. The number of nitrogens with two attached hydrogens (primary N) is 1. The third-order valence-electron chi connectivity index (χ3n) is 6.84. The van der Waals surface area contributed by atoms with Crippen molar-refractivity contribution in [3.05, 3.63) is 96.1 Å². The van der Waals surface area contributed by atoms with Crippen molar-refractivity contribution in [2.75, 3.05) is 5.73 Å². The van der Waals surface area contributed by atoms with Crippen LogP contribution in [0, 0.1) is 0 Å². The van der Waals surface area contributed by atoms with Crippen LogP contribution in [-0.4, -0.2) is 4.57 Å². The van der Waals surface area contributed by atoms with E-state index in [1.54, 1.807) is 0 Å². The maximum Gasteiger partial charge on any atom is 0.0640 e. The van der Waals surface area contributed by atoms with Crippen LogP contribution in [-0.2, 0) is 10.8 Å². The monoisotopic (exact) mass is 446 g/mol. The van der Waals surface area contributed by atoms with Crippen molar-refractivity contribution < 1.29 is 0 Å². The fourth-order valence-corrected chi connectivity index (χ4v) is 4.86. The van der Waals surface area contributed by atoms with Crippen LogP contribution in [0.15, 0.2) is 84.9 Å². The molecule has 0 fully saturated rings. The second kappa shape index (κ2) is 7.77. The molecule has 0 unspecified atom stereocenters. The van der Waals surface area contributed by atoms with Gasteiger partial charge in [0.05, 0.1) is 11.0 Å². The summed E-state index contributed by atoms with van der Waals surface area (Å²) in [6.07, 6.45) is 0. The van der Waals surface area contributed by atoms with Crippen molar-refractivity contribution in [2.45, 2.75) is 52.4 Å². The number of hydrogen-bond acceptors (Lipinski definition) is 1. The van der Waals surface area contributed by atoms with Crippen LogP contribution in [0.25, 0.3) is 38.6 Å². The average molecular weight is 447 g/mol. The van der Waals surface area contributed by atoms with Gasteiger partial charge in [-0.25, -0.2) is 0 Å². The maximum atomic E-state index is 6.67. The lowest BCUT2D eigenvalue weighted by molar-refractivity contribution is 0.568. The molecule has 4 aromatic carbocycles. The zero-order chi connectivity index (χ0) is 24.3. The predicted octanol–water partition coefficient (Wildman–Crippen LogP) is 8.63. The Balaban J connectivity index is 1.98. The minimum Gasteiger partial charge on any atom is -0.398 e. The first-order valence-electron chi connectivity index (χ1n) is 12.1. The Bertz CT molecular complexity index is 1470.